The van der Waals surface area contributed by atoms with Gasteiger partial charge in [0, 0.05) is 4.88 Å². The quantitative estimate of drug-likeness (QED) is 0.704. The fourth-order valence-corrected chi connectivity index (χ4v) is 5.80. The van der Waals surface area contributed by atoms with Crippen LogP contribution in [-0.4, -0.2) is 49.3 Å². The molecule has 3 heterocycles. The molecule has 6 heteroatoms. The van der Waals surface area contributed by atoms with Crippen molar-refractivity contribution in [3.63, 3.8) is 0 Å². The van der Waals surface area contributed by atoms with E-state index in [9.17, 15) is 0 Å². The van der Waals surface area contributed by atoms with Crippen molar-refractivity contribution in [2.45, 2.75) is 26.2 Å². The molecule has 0 unspecified atom stereocenters. The Balaban J connectivity index is 1.24. The van der Waals surface area contributed by atoms with Gasteiger partial charge in [0.25, 0.3) is 0 Å². The molecule has 2 aliphatic rings. The van der Waals surface area contributed by atoms with Crippen molar-refractivity contribution in [1.82, 2.24) is 9.97 Å². The summed E-state index contributed by atoms with van der Waals surface area (Å²) < 4.78 is 5.89. The van der Waals surface area contributed by atoms with Crippen molar-refractivity contribution in [2.24, 2.45) is 5.92 Å². The minimum atomic E-state index is 0.763. The zero-order valence-corrected chi connectivity index (χ0v) is 17.9. The molecule has 3 aromatic rings. The topological polar surface area (TPSA) is 42.7 Å². The van der Waals surface area contributed by atoms with Gasteiger partial charge in [-0.2, -0.15) is 0 Å². The Morgan fingerprint density at radius 2 is 2.00 bits per heavy atom. The van der Waals surface area contributed by atoms with Crippen LogP contribution in [0.3, 0.4) is 0 Å². The molecule has 0 spiro atoms. The van der Waals surface area contributed by atoms with Crippen LogP contribution in [0.25, 0.3) is 10.2 Å². The summed E-state index contributed by atoms with van der Waals surface area (Å²) >= 11 is 1.89. The van der Waals surface area contributed by atoms with E-state index in [0.29, 0.717) is 0 Å². The van der Waals surface area contributed by atoms with Gasteiger partial charge in [-0.25, -0.2) is 9.97 Å². The highest BCUT2D eigenvalue weighted by atomic mass is 32.1. The van der Waals surface area contributed by atoms with E-state index in [-0.39, 0.29) is 0 Å². The van der Waals surface area contributed by atoms with Crippen LogP contribution in [0.5, 0.6) is 5.75 Å². The van der Waals surface area contributed by atoms with Crippen molar-refractivity contribution in [3.8, 4) is 5.75 Å². The lowest BCUT2D eigenvalue weighted by Gasteiger charge is -2.33. The highest BCUT2D eigenvalue weighted by Crippen LogP contribution is 2.40. The summed E-state index contributed by atoms with van der Waals surface area (Å²) in [4.78, 5) is 16.2. The molecule has 1 aliphatic carbocycles. The SMILES string of the molecule is C[C@@H]1CCc2sc3ncnc(N4CC[NH+](CCOc5ccccc5)CC4)c3c2C1. The van der Waals surface area contributed by atoms with E-state index in [2.05, 4.69) is 16.8 Å². The summed E-state index contributed by atoms with van der Waals surface area (Å²) in [5.41, 5.74) is 1.53. The van der Waals surface area contributed by atoms with Crippen molar-refractivity contribution in [2.75, 3.05) is 44.2 Å². The van der Waals surface area contributed by atoms with Gasteiger partial charge in [0.15, 0.2) is 0 Å². The molecular formula is C23H29N4OS+. The number of ether oxygens (including phenoxy) is 1. The molecule has 5 rings (SSSR count). The van der Waals surface area contributed by atoms with E-state index in [0.717, 1.165) is 51.0 Å². The summed E-state index contributed by atoms with van der Waals surface area (Å²) in [6, 6.07) is 10.1. The maximum atomic E-state index is 5.89. The summed E-state index contributed by atoms with van der Waals surface area (Å²) in [5, 5.41) is 1.34. The number of quaternary nitrogens is 1. The first kappa shape index (κ1) is 18.8. The summed E-state index contributed by atoms with van der Waals surface area (Å²) in [6.45, 7) is 8.55. The predicted octanol–water partition coefficient (Wildman–Crippen LogP) is 2.60. The Kier molecular flexibility index (Phi) is 5.38. The fourth-order valence-electron chi connectivity index (χ4n) is 4.62. The first-order valence-corrected chi connectivity index (χ1v) is 11.6. The number of hydrogen-bond acceptors (Lipinski definition) is 5. The van der Waals surface area contributed by atoms with E-state index < -0.39 is 0 Å². The normalized spacial score (nSPS) is 20.0. The van der Waals surface area contributed by atoms with Crippen LogP contribution >= 0.6 is 11.3 Å². The molecule has 152 valence electrons. The first-order valence-electron chi connectivity index (χ1n) is 10.8. The zero-order valence-electron chi connectivity index (χ0n) is 17.1. The molecule has 29 heavy (non-hydrogen) atoms. The lowest BCUT2D eigenvalue weighted by atomic mass is 9.88. The Morgan fingerprint density at radius 1 is 1.17 bits per heavy atom. The second-order valence-corrected chi connectivity index (χ2v) is 9.46. The number of piperazine rings is 1. The maximum absolute atomic E-state index is 5.89. The molecule has 0 saturated carbocycles. The van der Waals surface area contributed by atoms with Gasteiger partial charge in [-0.3, -0.25) is 0 Å². The Bertz CT molecular complexity index is 966. The molecule has 0 bridgehead atoms. The summed E-state index contributed by atoms with van der Waals surface area (Å²) in [6.07, 6.45) is 5.44. The van der Waals surface area contributed by atoms with Crippen LogP contribution in [0.15, 0.2) is 36.7 Å². The zero-order chi connectivity index (χ0) is 19.6. The summed E-state index contributed by atoms with van der Waals surface area (Å²) in [7, 11) is 0. The molecule has 1 aromatic carbocycles. The summed E-state index contributed by atoms with van der Waals surface area (Å²) in [5.74, 6) is 2.89. The van der Waals surface area contributed by atoms with E-state index in [1.165, 1.54) is 40.9 Å². The molecule has 1 fully saturated rings. The number of benzene rings is 1. The fraction of sp³-hybridized carbons (Fsp3) is 0.478. The molecule has 1 saturated heterocycles. The van der Waals surface area contributed by atoms with Crippen molar-refractivity contribution >= 4 is 27.4 Å². The Morgan fingerprint density at radius 3 is 2.83 bits per heavy atom. The molecule has 1 N–H and O–H groups in total. The highest BCUT2D eigenvalue weighted by Gasteiger charge is 2.27. The van der Waals surface area contributed by atoms with Crippen LogP contribution in [0.2, 0.25) is 0 Å². The van der Waals surface area contributed by atoms with E-state index in [1.807, 2.05) is 41.7 Å². The van der Waals surface area contributed by atoms with Gasteiger partial charge >= 0.3 is 0 Å². The first-order chi connectivity index (χ1) is 14.3. The molecule has 0 radical (unpaired) electrons. The molecule has 0 amide bonds. The van der Waals surface area contributed by atoms with Gasteiger partial charge in [0.2, 0.25) is 0 Å². The van der Waals surface area contributed by atoms with E-state index in [4.69, 9.17) is 9.72 Å². The van der Waals surface area contributed by atoms with Crippen molar-refractivity contribution in [1.29, 1.82) is 0 Å². The van der Waals surface area contributed by atoms with E-state index in [1.54, 1.807) is 16.1 Å². The molecule has 2 aromatic heterocycles. The number of aryl methyl sites for hydroxylation is 1. The Hall–Kier alpha value is -2.18. The van der Waals surface area contributed by atoms with E-state index >= 15 is 0 Å². The molecule has 5 nitrogen and oxygen atoms in total. The molecular weight excluding hydrogens is 380 g/mol. The van der Waals surface area contributed by atoms with Gasteiger partial charge < -0.3 is 14.5 Å². The lowest BCUT2D eigenvalue weighted by molar-refractivity contribution is -0.900. The lowest BCUT2D eigenvalue weighted by Crippen LogP contribution is -3.15. The minimum Gasteiger partial charge on any atom is -0.488 e. The number of rotatable bonds is 5. The van der Waals surface area contributed by atoms with Crippen LogP contribution in [0.1, 0.15) is 23.8 Å². The van der Waals surface area contributed by atoms with Crippen LogP contribution < -0.4 is 14.5 Å². The van der Waals surface area contributed by atoms with Crippen LogP contribution in [0.4, 0.5) is 5.82 Å². The van der Waals surface area contributed by atoms with Crippen molar-refractivity contribution < 1.29 is 9.64 Å². The van der Waals surface area contributed by atoms with Gasteiger partial charge in [0.05, 0.1) is 31.6 Å². The largest absolute Gasteiger partial charge is 0.488 e. The van der Waals surface area contributed by atoms with Gasteiger partial charge in [-0.15, -0.1) is 11.3 Å². The average Bonchev–Trinajstić information content (AvgIpc) is 3.13. The smallest absolute Gasteiger partial charge is 0.141 e. The number of thiophene rings is 1. The molecule has 1 atom stereocenters. The number of hydrogen-bond donors (Lipinski definition) is 1. The predicted molar refractivity (Wildman–Crippen MR) is 118 cm³/mol. The monoisotopic (exact) mass is 409 g/mol. The van der Waals surface area contributed by atoms with Crippen molar-refractivity contribution in [3.05, 3.63) is 47.1 Å². The Labute approximate surface area is 176 Å². The standard InChI is InChI=1S/C23H28N4OS/c1-17-7-8-20-19(15-17)21-22(24-16-25-23(21)29-20)27-11-9-26(10-12-27)13-14-28-18-5-3-2-4-6-18/h2-6,16-17H,7-15H2,1H3/p+1/t17-/m1/s1. The third kappa shape index (κ3) is 3.96. The van der Waals surface area contributed by atoms with Gasteiger partial charge in [-0.1, -0.05) is 25.1 Å². The van der Waals surface area contributed by atoms with Gasteiger partial charge in [0.1, 0.15) is 35.9 Å². The number of aromatic nitrogens is 2. The van der Waals surface area contributed by atoms with Crippen LogP contribution in [0, 0.1) is 5.92 Å². The second kappa shape index (κ2) is 8.28. The molecule has 1 aliphatic heterocycles. The second-order valence-electron chi connectivity index (χ2n) is 8.38. The van der Waals surface area contributed by atoms with Crippen LogP contribution in [-0.2, 0) is 12.8 Å². The number of nitrogens with zero attached hydrogens (tertiary/aromatic N) is 3. The van der Waals surface area contributed by atoms with Gasteiger partial charge in [-0.05, 0) is 42.9 Å². The third-order valence-corrected chi connectivity index (χ3v) is 7.50. The average molecular weight is 410 g/mol. The third-order valence-electron chi connectivity index (χ3n) is 6.31. The number of fused-ring (bicyclic) bond motifs is 3. The number of para-hydroxylation sites is 1. The maximum Gasteiger partial charge on any atom is 0.141 e. The number of anilines is 1. The highest BCUT2D eigenvalue weighted by molar-refractivity contribution is 7.19. The number of nitrogens with one attached hydrogen (secondary N) is 1. The minimum absolute atomic E-state index is 0.763.